The zero-order valence-corrected chi connectivity index (χ0v) is 20.0. The molecule has 0 bridgehead atoms. The first kappa shape index (κ1) is 21.8. The van der Waals surface area contributed by atoms with E-state index in [4.69, 9.17) is 4.98 Å². The highest BCUT2D eigenvalue weighted by molar-refractivity contribution is 7.97. The molecule has 0 amide bonds. The van der Waals surface area contributed by atoms with Gasteiger partial charge in [0, 0.05) is 73.1 Å². The highest BCUT2D eigenvalue weighted by Crippen LogP contribution is 2.43. The third-order valence-electron chi connectivity index (χ3n) is 7.54. The van der Waals surface area contributed by atoms with Crippen LogP contribution in [0.5, 0.6) is 0 Å². The van der Waals surface area contributed by atoms with Gasteiger partial charge in [0.2, 0.25) is 5.95 Å². The van der Waals surface area contributed by atoms with Crippen molar-refractivity contribution in [3.8, 4) is 0 Å². The van der Waals surface area contributed by atoms with E-state index in [2.05, 4.69) is 31.5 Å². The Labute approximate surface area is 198 Å². The molecule has 1 N–H and O–H groups in total. The number of hydrogen-bond acceptors (Lipinski definition) is 7. The Kier molecular flexibility index (Phi) is 5.62. The van der Waals surface area contributed by atoms with Crippen LogP contribution < -0.4 is 10.2 Å². The van der Waals surface area contributed by atoms with Crippen LogP contribution in [-0.2, 0) is 0 Å². The monoisotopic (exact) mass is 474 g/mol. The fraction of sp³-hybridized carbons (Fsp3) is 0.667. The predicted molar refractivity (Wildman–Crippen MR) is 130 cm³/mol. The summed E-state index contributed by atoms with van der Waals surface area (Å²) < 4.78 is 29.8. The summed E-state index contributed by atoms with van der Waals surface area (Å²) in [6, 6.07) is 3.55. The molecular weight excluding hydrogens is 442 g/mol. The van der Waals surface area contributed by atoms with Crippen LogP contribution in [0.15, 0.2) is 18.3 Å². The molecule has 0 radical (unpaired) electrons. The maximum atomic E-state index is 13.7. The SMILES string of the molecule is CN1CC2(CCN(c3cc(C(F)F)cc4cnc(NC5CCN(SC6CC6)CC5)nc34)C2)C1. The first-order chi connectivity index (χ1) is 16.0. The lowest BCUT2D eigenvalue weighted by Gasteiger charge is -2.46. The molecule has 0 atom stereocenters. The summed E-state index contributed by atoms with van der Waals surface area (Å²) in [4.78, 5) is 14.0. The van der Waals surface area contributed by atoms with E-state index in [1.807, 2.05) is 11.9 Å². The van der Waals surface area contributed by atoms with E-state index in [1.165, 1.54) is 12.8 Å². The lowest BCUT2D eigenvalue weighted by molar-refractivity contribution is 0.0424. The largest absolute Gasteiger partial charge is 0.369 e. The average Bonchev–Trinajstić information content (AvgIpc) is 3.50. The Hall–Kier alpha value is -1.71. The molecule has 1 aromatic carbocycles. The van der Waals surface area contributed by atoms with Gasteiger partial charge in [0.05, 0.1) is 11.2 Å². The van der Waals surface area contributed by atoms with Crippen LogP contribution in [0.2, 0.25) is 0 Å². The summed E-state index contributed by atoms with van der Waals surface area (Å²) in [6.07, 6.45) is 5.17. The second kappa shape index (κ2) is 8.50. The zero-order valence-electron chi connectivity index (χ0n) is 19.1. The number of aromatic nitrogens is 2. The van der Waals surface area contributed by atoms with Crippen LogP contribution in [0.1, 0.15) is 44.1 Å². The number of likely N-dealkylation sites (tertiary alicyclic amines) is 1. The highest BCUT2D eigenvalue weighted by Gasteiger charge is 2.46. The number of rotatable bonds is 6. The van der Waals surface area contributed by atoms with Gasteiger partial charge in [0.1, 0.15) is 0 Å². The van der Waals surface area contributed by atoms with Crippen LogP contribution in [0.3, 0.4) is 0 Å². The summed E-state index contributed by atoms with van der Waals surface area (Å²) in [5, 5.41) is 5.07. The van der Waals surface area contributed by atoms with Gasteiger partial charge in [0.15, 0.2) is 0 Å². The standard InChI is InChI=1S/C24H32F2N6S/c1-30-13-24(14-30)6-9-31(15-24)20-11-16(22(25)26)10-17-12-27-23(29-21(17)20)28-18-4-7-32(8-5-18)33-19-2-3-19/h10-12,18-19,22H,2-9,13-15H2,1H3,(H,27,28,29). The molecule has 1 saturated carbocycles. The molecule has 4 fully saturated rings. The van der Waals surface area contributed by atoms with Crippen molar-refractivity contribution in [1.82, 2.24) is 19.2 Å². The van der Waals surface area contributed by atoms with Gasteiger partial charge in [-0.2, -0.15) is 0 Å². The van der Waals surface area contributed by atoms with Crippen molar-refractivity contribution in [2.45, 2.75) is 49.8 Å². The normalized spacial score (nSPS) is 24.2. The van der Waals surface area contributed by atoms with E-state index in [0.717, 1.165) is 75.0 Å². The summed E-state index contributed by atoms with van der Waals surface area (Å²) in [6.45, 7) is 6.12. The number of nitrogens with one attached hydrogen (secondary N) is 1. The Balaban J connectivity index is 1.22. The molecule has 4 aliphatic rings. The second-order valence-corrected chi connectivity index (χ2v) is 11.9. The van der Waals surface area contributed by atoms with Gasteiger partial charge in [-0.3, -0.25) is 4.31 Å². The van der Waals surface area contributed by atoms with Crippen LogP contribution in [-0.4, -0.2) is 76.8 Å². The topological polar surface area (TPSA) is 47.5 Å². The van der Waals surface area contributed by atoms with E-state index < -0.39 is 6.43 Å². The lowest BCUT2D eigenvalue weighted by atomic mass is 9.79. The van der Waals surface area contributed by atoms with E-state index >= 15 is 0 Å². The van der Waals surface area contributed by atoms with Gasteiger partial charge in [-0.15, -0.1) is 0 Å². The second-order valence-electron chi connectivity index (χ2n) is 10.5. The minimum Gasteiger partial charge on any atom is -0.369 e. The van der Waals surface area contributed by atoms with Crippen molar-refractivity contribution in [2.24, 2.45) is 5.41 Å². The Morgan fingerprint density at radius 1 is 1.09 bits per heavy atom. The molecule has 3 saturated heterocycles. The highest BCUT2D eigenvalue weighted by atomic mass is 32.2. The Morgan fingerprint density at radius 2 is 1.88 bits per heavy atom. The number of fused-ring (bicyclic) bond motifs is 1. The van der Waals surface area contributed by atoms with Crippen LogP contribution in [0, 0.1) is 5.41 Å². The molecule has 1 aromatic heterocycles. The van der Waals surface area contributed by atoms with Gasteiger partial charge < -0.3 is 15.1 Å². The van der Waals surface area contributed by atoms with Crippen molar-refractivity contribution in [2.75, 3.05) is 56.5 Å². The molecule has 6 nitrogen and oxygen atoms in total. The Morgan fingerprint density at radius 3 is 2.58 bits per heavy atom. The fourth-order valence-electron chi connectivity index (χ4n) is 5.76. The van der Waals surface area contributed by atoms with Gasteiger partial charge >= 0.3 is 0 Å². The molecule has 1 aliphatic carbocycles. The molecule has 2 aromatic rings. The molecule has 33 heavy (non-hydrogen) atoms. The molecular formula is C24H32F2N6S. The predicted octanol–water partition coefficient (Wildman–Crippen LogP) is 4.40. The van der Waals surface area contributed by atoms with Gasteiger partial charge in [-0.1, -0.05) is 11.9 Å². The van der Waals surface area contributed by atoms with Crippen molar-refractivity contribution in [1.29, 1.82) is 0 Å². The number of nitrogens with zero attached hydrogens (tertiary/aromatic N) is 5. The minimum absolute atomic E-state index is 0.0500. The van der Waals surface area contributed by atoms with Crippen LogP contribution in [0.25, 0.3) is 10.9 Å². The van der Waals surface area contributed by atoms with Crippen molar-refractivity contribution in [3.05, 3.63) is 23.9 Å². The molecule has 178 valence electrons. The number of halogens is 2. The van der Waals surface area contributed by atoms with Crippen LogP contribution in [0.4, 0.5) is 20.4 Å². The van der Waals surface area contributed by atoms with Gasteiger partial charge in [0.25, 0.3) is 6.43 Å². The number of anilines is 2. The minimum atomic E-state index is -2.50. The van der Waals surface area contributed by atoms with E-state index in [-0.39, 0.29) is 5.56 Å². The molecule has 4 heterocycles. The molecule has 9 heteroatoms. The van der Waals surface area contributed by atoms with Gasteiger partial charge in [-0.05, 0) is 51.3 Å². The third kappa shape index (κ3) is 4.51. The summed E-state index contributed by atoms with van der Waals surface area (Å²) in [5.41, 5.74) is 1.95. The molecule has 1 spiro atoms. The first-order valence-electron chi connectivity index (χ1n) is 12.2. The molecule has 6 rings (SSSR count). The number of alkyl halides is 2. The van der Waals surface area contributed by atoms with Crippen molar-refractivity contribution in [3.63, 3.8) is 0 Å². The van der Waals surface area contributed by atoms with Crippen LogP contribution >= 0.6 is 11.9 Å². The zero-order chi connectivity index (χ0) is 22.6. The van der Waals surface area contributed by atoms with Crippen molar-refractivity contribution < 1.29 is 8.78 Å². The summed E-state index contributed by atoms with van der Waals surface area (Å²) in [5.74, 6) is 0.610. The fourth-order valence-corrected chi connectivity index (χ4v) is 6.95. The number of piperidine rings is 1. The first-order valence-corrected chi connectivity index (χ1v) is 13.0. The van der Waals surface area contributed by atoms with E-state index in [0.29, 0.717) is 22.8 Å². The Bertz CT molecular complexity index is 1020. The smallest absolute Gasteiger partial charge is 0.263 e. The number of hydrogen-bond donors (Lipinski definition) is 1. The quantitative estimate of drug-likeness (QED) is 0.623. The van der Waals surface area contributed by atoms with Gasteiger partial charge in [-0.25, -0.2) is 18.7 Å². The van der Waals surface area contributed by atoms with E-state index in [9.17, 15) is 8.78 Å². The maximum Gasteiger partial charge on any atom is 0.263 e. The molecule has 0 unspecified atom stereocenters. The third-order valence-corrected chi connectivity index (χ3v) is 8.97. The van der Waals surface area contributed by atoms with Crippen molar-refractivity contribution >= 4 is 34.5 Å². The maximum absolute atomic E-state index is 13.7. The van der Waals surface area contributed by atoms with E-state index in [1.54, 1.807) is 18.3 Å². The summed E-state index contributed by atoms with van der Waals surface area (Å²) >= 11 is 2.03. The average molecular weight is 475 g/mol. The number of benzene rings is 1. The lowest BCUT2D eigenvalue weighted by Crippen LogP contribution is -2.55. The molecule has 3 aliphatic heterocycles. The summed E-state index contributed by atoms with van der Waals surface area (Å²) in [7, 11) is 2.14.